The SMILES string of the molecule is COc1cccc(/C=N\NC(=O)[C@H](O)c2ccccc2)c1O. The van der Waals surface area contributed by atoms with Crippen LogP contribution in [0.3, 0.4) is 0 Å². The number of nitrogens with zero attached hydrogens (tertiary/aromatic N) is 1. The van der Waals surface area contributed by atoms with Crippen LogP contribution in [-0.4, -0.2) is 29.4 Å². The van der Waals surface area contributed by atoms with Gasteiger partial charge in [0, 0.05) is 5.56 Å². The van der Waals surface area contributed by atoms with Crippen LogP contribution in [-0.2, 0) is 4.79 Å². The second-order valence-electron chi connectivity index (χ2n) is 4.45. The van der Waals surface area contributed by atoms with Crippen LogP contribution in [0.15, 0.2) is 53.6 Å². The number of aromatic hydroxyl groups is 1. The molecule has 0 radical (unpaired) electrons. The summed E-state index contributed by atoms with van der Waals surface area (Å²) in [5.74, 6) is -0.434. The number of ether oxygens (including phenoxy) is 1. The average Bonchev–Trinajstić information content (AvgIpc) is 2.56. The Bertz CT molecular complexity index is 671. The van der Waals surface area contributed by atoms with Gasteiger partial charge in [-0.1, -0.05) is 36.4 Å². The van der Waals surface area contributed by atoms with Gasteiger partial charge in [-0.3, -0.25) is 4.79 Å². The summed E-state index contributed by atoms with van der Waals surface area (Å²) in [6, 6.07) is 13.4. The minimum atomic E-state index is -1.31. The predicted molar refractivity (Wildman–Crippen MR) is 81.8 cm³/mol. The van der Waals surface area contributed by atoms with E-state index in [1.165, 1.54) is 13.3 Å². The van der Waals surface area contributed by atoms with E-state index in [0.29, 0.717) is 16.9 Å². The van der Waals surface area contributed by atoms with E-state index in [9.17, 15) is 15.0 Å². The summed E-state index contributed by atoms with van der Waals surface area (Å²) in [5.41, 5.74) is 3.08. The van der Waals surface area contributed by atoms with Gasteiger partial charge in [-0.2, -0.15) is 5.10 Å². The molecule has 2 aromatic carbocycles. The highest BCUT2D eigenvalue weighted by Crippen LogP contribution is 2.27. The number of nitrogens with one attached hydrogen (secondary N) is 1. The van der Waals surface area contributed by atoms with Crippen LogP contribution in [0.2, 0.25) is 0 Å². The van der Waals surface area contributed by atoms with E-state index in [2.05, 4.69) is 10.5 Å². The Morgan fingerprint density at radius 3 is 2.64 bits per heavy atom. The lowest BCUT2D eigenvalue weighted by Crippen LogP contribution is -2.25. The molecule has 0 fully saturated rings. The molecule has 22 heavy (non-hydrogen) atoms. The maximum Gasteiger partial charge on any atom is 0.273 e. The molecule has 0 spiro atoms. The highest BCUT2D eigenvalue weighted by atomic mass is 16.5. The van der Waals surface area contributed by atoms with Gasteiger partial charge in [0.25, 0.3) is 5.91 Å². The van der Waals surface area contributed by atoms with Gasteiger partial charge in [0.1, 0.15) is 0 Å². The summed E-state index contributed by atoms with van der Waals surface area (Å²) < 4.78 is 4.97. The standard InChI is InChI=1S/C16H16N2O4/c1-22-13-9-5-8-12(14(13)19)10-17-18-16(21)15(20)11-6-3-2-4-7-11/h2-10,15,19-20H,1H3,(H,18,21)/b17-10-/t15-/m1/s1. The number of aliphatic hydroxyl groups is 1. The van der Waals surface area contributed by atoms with E-state index in [0.717, 1.165) is 0 Å². The molecule has 0 unspecified atom stereocenters. The first-order valence-electron chi connectivity index (χ1n) is 6.55. The number of methoxy groups -OCH3 is 1. The van der Waals surface area contributed by atoms with Crippen molar-refractivity contribution in [2.24, 2.45) is 5.10 Å². The van der Waals surface area contributed by atoms with Gasteiger partial charge < -0.3 is 14.9 Å². The summed E-state index contributed by atoms with van der Waals surface area (Å²) in [7, 11) is 1.44. The van der Waals surface area contributed by atoms with Crippen molar-refractivity contribution in [3.8, 4) is 11.5 Å². The molecular formula is C16H16N2O4. The van der Waals surface area contributed by atoms with Gasteiger partial charge in [0.2, 0.25) is 0 Å². The van der Waals surface area contributed by atoms with E-state index in [-0.39, 0.29) is 5.75 Å². The van der Waals surface area contributed by atoms with Crippen molar-refractivity contribution in [3.05, 3.63) is 59.7 Å². The van der Waals surface area contributed by atoms with Crippen molar-refractivity contribution >= 4 is 12.1 Å². The fraction of sp³-hybridized carbons (Fsp3) is 0.125. The molecule has 3 N–H and O–H groups in total. The van der Waals surface area contributed by atoms with Crippen LogP contribution < -0.4 is 10.2 Å². The molecule has 0 aliphatic heterocycles. The molecule has 0 aromatic heterocycles. The molecule has 0 saturated heterocycles. The number of benzene rings is 2. The molecule has 0 aliphatic rings. The zero-order valence-electron chi connectivity index (χ0n) is 11.9. The van der Waals surface area contributed by atoms with Crippen LogP contribution in [0.1, 0.15) is 17.2 Å². The zero-order valence-corrected chi connectivity index (χ0v) is 11.9. The third-order valence-electron chi connectivity index (χ3n) is 2.99. The number of amides is 1. The van der Waals surface area contributed by atoms with Crippen molar-refractivity contribution in [1.29, 1.82) is 0 Å². The van der Waals surface area contributed by atoms with Gasteiger partial charge in [0.15, 0.2) is 17.6 Å². The predicted octanol–water partition coefficient (Wildman–Crippen LogP) is 1.58. The van der Waals surface area contributed by atoms with Gasteiger partial charge in [-0.05, 0) is 17.7 Å². The topological polar surface area (TPSA) is 91.2 Å². The highest BCUT2D eigenvalue weighted by molar-refractivity contribution is 5.87. The molecule has 2 rings (SSSR count). The Hall–Kier alpha value is -2.86. The van der Waals surface area contributed by atoms with Crippen molar-refractivity contribution in [2.45, 2.75) is 6.10 Å². The van der Waals surface area contributed by atoms with Gasteiger partial charge >= 0.3 is 0 Å². The number of hydrogen-bond acceptors (Lipinski definition) is 5. The van der Waals surface area contributed by atoms with Gasteiger partial charge in [-0.15, -0.1) is 0 Å². The highest BCUT2D eigenvalue weighted by Gasteiger charge is 2.16. The maximum absolute atomic E-state index is 11.8. The molecule has 6 nitrogen and oxygen atoms in total. The molecule has 1 atom stereocenters. The van der Waals surface area contributed by atoms with E-state index >= 15 is 0 Å². The number of carbonyl (C=O) groups is 1. The van der Waals surface area contributed by atoms with E-state index in [1.807, 2.05) is 0 Å². The van der Waals surface area contributed by atoms with Crippen LogP contribution >= 0.6 is 0 Å². The molecule has 6 heteroatoms. The van der Waals surface area contributed by atoms with Gasteiger partial charge in [0.05, 0.1) is 13.3 Å². The van der Waals surface area contributed by atoms with Crippen LogP contribution in [0.4, 0.5) is 0 Å². The Balaban J connectivity index is 2.02. The Morgan fingerprint density at radius 2 is 1.95 bits per heavy atom. The largest absolute Gasteiger partial charge is 0.504 e. The summed E-state index contributed by atoms with van der Waals surface area (Å²) in [4.78, 5) is 11.8. The summed E-state index contributed by atoms with van der Waals surface area (Å²) >= 11 is 0. The molecule has 0 bridgehead atoms. The molecule has 114 valence electrons. The number of hydrogen-bond donors (Lipinski definition) is 3. The normalized spacial score (nSPS) is 12.1. The summed E-state index contributed by atoms with van der Waals surface area (Å²) in [6.07, 6.45) is -0.0368. The number of aliphatic hydroxyl groups excluding tert-OH is 1. The van der Waals surface area contributed by atoms with Crippen molar-refractivity contribution in [1.82, 2.24) is 5.43 Å². The summed E-state index contributed by atoms with van der Waals surface area (Å²) in [6.45, 7) is 0. The van der Waals surface area contributed by atoms with E-state index in [4.69, 9.17) is 4.74 Å². The van der Waals surface area contributed by atoms with E-state index in [1.54, 1.807) is 48.5 Å². The Morgan fingerprint density at radius 1 is 1.23 bits per heavy atom. The third kappa shape index (κ3) is 3.62. The van der Waals surface area contributed by atoms with E-state index < -0.39 is 12.0 Å². The molecule has 1 amide bonds. The molecule has 0 heterocycles. The first kappa shape index (κ1) is 15.5. The summed E-state index contributed by atoms with van der Waals surface area (Å²) in [5, 5.41) is 23.5. The first-order valence-corrected chi connectivity index (χ1v) is 6.55. The van der Waals surface area contributed by atoms with Crippen molar-refractivity contribution in [3.63, 3.8) is 0 Å². The molecule has 0 aliphatic carbocycles. The fourth-order valence-electron chi connectivity index (χ4n) is 1.82. The second kappa shape index (κ2) is 7.24. The molecular weight excluding hydrogens is 284 g/mol. The van der Waals surface area contributed by atoms with Crippen LogP contribution in [0.25, 0.3) is 0 Å². The lowest BCUT2D eigenvalue weighted by atomic mass is 10.1. The lowest BCUT2D eigenvalue weighted by Gasteiger charge is -2.08. The number of phenolic OH excluding ortho intramolecular Hbond substituents is 1. The van der Waals surface area contributed by atoms with Crippen molar-refractivity contribution in [2.75, 3.05) is 7.11 Å². The quantitative estimate of drug-likeness (QED) is 0.577. The van der Waals surface area contributed by atoms with Crippen molar-refractivity contribution < 1.29 is 19.7 Å². The minimum Gasteiger partial charge on any atom is -0.504 e. The van der Waals surface area contributed by atoms with Gasteiger partial charge in [-0.25, -0.2) is 5.43 Å². The maximum atomic E-state index is 11.8. The lowest BCUT2D eigenvalue weighted by molar-refractivity contribution is -0.129. The van der Waals surface area contributed by atoms with Crippen LogP contribution in [0.5, 0.6) is 11.5 Å². The Labute approximate surface area is 127 Å². The zero-order chi connectivity index (χ0) is 15.9. The molecule has 0 saturated carbocycles. The number of carbonyl (C=O) groups excluding carboxylic acids is 1. The number of phenols is 1. The minimum absolute atomic E-state index is 0.0772. The average molecular weight is 300 g/mol. The molecule has 2 aromatic rings. The number of para-hydroxylation sites is 1. The van der Waals surface area contributed by atoms with Crippen LogP contribution in [0, 0.1) is 0 Å². The monoisotopic (exact) mass is 300 g/mol. The smallest absolute Gasteiger partial charge is 0.273 e. The second-order valence-corrected chi connectivity index (χ2v) is 4.45. The Kier molecular flexibility index (Phi) is 5.11. The number of rotatable bonds is 5. The fourth-order valence-corrected chi connectivity index (χ4v) is 1.82. The number of hydrazone groups is 1. The third-order valence-corrected chi connectivity index (χ3v) is 2.99. The first-order chi connectivity index (χ1) is 10.6.